The van der Waals surface area contributed by atoms with Crippen molar-refractivity contribution in [2.75, 3.05) is 0 Å². The molecule has 1 N–H and O–H groups in total. The molecule has 0 fully saturated rings. The standard InChI is InChI=1S/C19H15N3O2/c23-19(16-10-12-20-13-11-16)22-21-14-15-6-8-18(9-7-15)24-17-4-2-1-3-5-17/h1-14H,(H,22,23)/b21-14+. The zero-order valence-electron chi connectivity index (χ0n) is 12.8. The number of hydrogen-bond acceptors (Lipinski definition) is 4. The SMILES string of the molecule is O=C(N/N=C/c1ccc(Oc2ccccc2)cc1)c1ccncc1. The maximum Gasteiger partial charge on any atom is 0.271 e. The van der Waals surface area contributed by atoms with Gasteiger partial charge in [-0.15, -0.1) is 0 Å². The van der Waals surface area contributed by atoms with Crippen LogP contribution in [-0.4, -0.2) is 17.1 Å². The molecule has 0 saturated heterocycles. The van der Waals surface area contributed by atoms with Crippen LogP contribution >= 0.6 is 0 Å². The molecule has 0 saturated carbocycles. The van der Waals surface area contributed by atoms with Crippen LogP contribution in [-0.2, 0) is 0 Å². The van der Waals surface area contributed by atoms with E-state index in [9.17, 15) is 4.79 Å². The molecular weight excluding hydrogens is 302 g/mol. The van der Waals surface area contributed by atoms with E-state index in [1.807, 2.05) is 54.6 Å². The molecule has 0 spiro atoms. The Morgan fingerprint density at radius 1 is 0.917 bits per heavy atom. The number of rotatable bonds is 5. The number of pyridine rings is 1. The highest BCUT2D eigenvalue weighted by Crippen LogP contribution is 2.20. The summed E-state index contributed by atoms with van der Waals surface area (Å²) in [5, 5.41) is 3.95. The van der Waals surface area contributed by atoms with Crippen LogP contribution < -0.4 is 10.2 Å². The molecule has 1 amide bonds. The zero-order chi connectivity index (χ0) is 16.6. The average molecular weight is 317 g/mol. The van der Waals surface area contributed by atoms with Crippen LogP contribution in [0.1, 0.15) is 15.9 Å². The smallest absolute Gasteiger partial charge is 0.271 e. The third-order valence-electron chi connectivity index (χ3n) is 3.18. The van der Waals surface area contributed by atoms with Crippen molar-refractivity contribution in [3.63, 3.8) is 0 Å². The maximum absolute atomic E-state index is 11.8. The predicted molar refractivity (Wildman–Crippen MR) is 92.3 cm³/mol. The second-order valence-corrected chi connectivity index (χ2v) is 4.92. The number of amides is 1. The van der Waals surface area contributed by atoms with E-state index in [4.69, 9.17) is 4.74 Å². The Bertz CT molecular complexity index is 816. The first-order chi connectivity index (χ1) is 11.8. The highest BCUT2D eigenvalue weighted by Gasteiger charge is 2.02. The summed E-state index contributed by atoms with van der Waals surface area (Å²) >= 11 is 0. The van der Waals surface area contributed by atoms with E-state index >= 15 is 0 Å². The molecule has 24 heavy (non-hydrogen) atoms. The lowest BCUT2D eigenvalue weighted by atomic mass is 10.2. The number of para-hydroxylation sites is 1. The fraction of sp³-hybridized carbons (Fsp3) is 0. The van der Waals surface area contributed by atoms with Gasteiger partial charge >= 0.3 is 0 Å². The highest BCUT2D eigenvalue weighted by atomic mass is 16.5. The van der Waals surface area contributed by atoms with Crippen LogP contribution in [0.15, 0.2) is 84.2 Å². The van der Waals surface area contributed by atoms with Gasteiger partial charge in [0.15, 0.2) is 0 Å². The van der Waals surface area contributed by atoms with E-state index in [1.165, 1.54) is 0 Å². The molecule has 118 valence electrons. The van der Waals surface area contributed by atoms with Crippen molar-refractivity contribution in [3.8, 4) is 11.5 Å². The van der Waals surface area contributed by atoms with Gasteiger partial charge in [0.05, 0.1) is 6.21 Å². The van der Waals surface area contributed by atoms with E-state index in [0.29, 0.717) is 5.56 Å². The second-order valence-electron chi connectivity index (χ2n) is 4.92. The first kappa shape index (κ1) is 15.4. The van der Waals surface area contributed by atoms with Gasteiger partial charge in [0.25, 0.3) is 5.91 Å². The Kier molecular flexibility index (Phi) is 4.94. The minimum Gasteiger partial charge on any atom is -0.457 e. The molecule has 0 aliphatic rings. The van der Waals surface area contributed by atoms with E-state index < -0.39 is 0 Å². The Balaban J connectivity index is 1.57. The van der Waals surface area contributed by atoms with Gasteiger partial charge in [-0.05, 0) is 54.1 Å². The normalized spacial score (nSPS) is 10.5. The number of aromatic nitrogens is 1. The van der Waals surface area contributed by atoms with Crippen LogP contribution in [0.2, 0.25) is 0 Å². The van der Waals surface area contributed by atoms with Crippen molar-refractivity contribution in [1.29, 1.82) is 0 Å². The number of ether oxygens (including phenoxy) is 1. The Labute approximate surface area is 139 Å². The van der Waals surface area contributed by atoms with Gasteiger partial charge in [-0.25, -0.2) is 5.43 Å². The number of carbonyl (C=O) groups excluding carboxylic acids is 1. The van der Waals surface area contributed by atoms with Gasteiger partial charge in [0, 0.05) is 18.0 Å². The fourth-order valence-corrected chi connectivity index (χ4v) is 1.98. The minimum atomic E-state index is -0.280. The van der Waals surface area contributed by atoms with Gasteiger partial charge in [-0.2, -0.15) is 5.10 Å². The van der Waals surface area contributed by atoms with Crippen molar-refractivity contribution < 1.29 is 9.53 Å². The molecule has 0 aliphatic carbocycles. The zero-order valence-corrected chi connectivity index (χ0v) is 12.8. The van der Waals surface area contributed by atoms with Crippen molar-refractivity contribution in [2.24, 2.45) is 5.10 Å². The molecule has 0 radical (unpaired) electrons. The number of benzene rings is 2. The first-order valence-electron chi connectivity index (χ1n) is 7.38. The van der Waals surface area contributed by atoms with Gasteiger partial charge in [0.1, 0.15) is 11.5 Å². The van der Waals surface area contributed by atoms with Crippen LogP contribution in [0, 0.1) is 0 Å². The maximum atomic E-state index is 11.8. The molecule has 0 aliphatic heterocycles. The van der Waals surface area contributed by atoms with Crippen LogP contribution in [0.25, 0.3) is 0 Å². The first-order valence-corrected chi connectivity index (χ1v) is 7.38. The lowest BCUT2D eigenvalue weighted by Crippen LogP contribution is -2.17. The van der Waals surface area contributed by atoms with Gasteiger partial charge in [-0.1, -0.05) is 18.2 Å². The van der Waals surface area contributed by atoms with E-state index in [1.54, 1.807) is 30.7 Å². The molecular formula is C19H15N3O2. The van der Waals surface area contributed by atoms with Crippen LogP contribution in [0.4, 0.5) is 0 Å². The summed E-state index contributed by atoms with van der Waals surface area (Å²) < 4.78 is 5.71. The van der Waals surface area contributed by atoms with Gasteiger partial charge < -0.3 is 4.74 Å². The fourth-order valence-electron chi connectivity index (χ4n) is 1.98. The molecule has 2 aromatic carbocycles. The Hall–Kier alpha value is -3.47. The molecule has 5 heteroatoms. The van der Waals surface area contributed by atoms with Crippen molar-refractivity contribution in [1.82, 2.24) is 10.4 Å². The van der Waals surface area contributed by atoms with Crippen LogP contribution in [0.5, 0.6) is 11.5 Å². The van der Waals surface area contributed by atoms with E-state index in [-0.39, 0.29) is 5.91 Å². The Morgan fingerprint density at radius 2 is 1.58 bits per heavy atom. The molecule has 5 nitrogen and oxygen atoms in total. The summed E-state index contributed by atoms with van der Waals surface area (Å²) in [6.07, 6.45) is 4.69. The van der Waals surface area contributed by atoms with Gasteiger partial charge in [-0.3, -0.25) is 9.78 Å². The predicted octanol–water partition coefficient (Wildman–Crippen LogP) is 3.64. The average Bonchev–Trinajstić information content (AvgIpc) is 2.65. The molecule has 0 unspecified atom stereocenters. The van der Waals surface area contributed by atoms with E-state index in [2.05, 4.69) is 15.5 Å². The van der Waals surface area contributed by atoms with Crippen LogP contribution in [0.3, 0.4) is 0 Å². The molecule has 1 aromatic heterocycles. The third-order valence-corrected chi connectivity index (χ3v) is 3.18. The number of nitrogens with one attached hydrogen (secondary N) is 1. The molecule has 0 bridgehead atoms. The largest absolute Gasteiger partial charge is 0.457 e. The summed E-state index contributed by atoms with van der Waals surface area (Å²) in [6, 6.07) is 20.2. The molecule has 0 atom stereocenters. The minimum absolute atomic E-state index is 0.280. The summed E-state index contributed by atoms with van der Waals surface area (Å²) in [4.78, 5) is 15.7. The number of carbonyl (C=O) groups is 1. The lowest BCUT2D eigenvalue weighted by molar-refractivity contribution is 0.0955. The number of nitrogens with zero attached hydrogens (tertiary/aromatic N) is 2. The second kappa shape index (κ2) is 7.69. The monoisotopic (exact) mass is 317 g/mol. The lowest BCUT2D eigenvalue weighted by Gasteiger charge is -2.05. The van der Waals surface area contributed by atoms with Crippen molar-refractivity contribution >= 4 is 12.1 Å². The van der Waals surface area contributed by atoms with Crippen molar-refractivity contribution in [3.05, 3.63) is 90.3 Å². The quantitative estimate of drug-likeness (QED) is 0.577. The summed E-state index contributed by atoms with van der Waals surface area (Å²) in [7, 11) is 0. The van der Waals surface area contributed by atoms with Gasteiger partial charge in [0.2, 0.25) is 0 Å². The summed E-state index contributed by atoms with van der Waals surface area (Å²) in [5.74, 6) is 1.24. The Morgan fingerprint density at radius 3 is 2.29 bits per heavy atom. The topological polar surface area (TPSA) is 63.6 Å². The summed E-state index contributed by atoms with van der Waals surface area (Å²) in [6.45, 7) is 0. The number of hydrazone groups is 1. The van der Waals surface area contributed by atoms with Crippen molar-refractivity contribution in [2.45, 2.75) is 0 Å². The molecule has 3 aromatic rings. The molecule has 1 heterocycles. The molecule has 3 rings (SSSR count). The number of hydrogen-bond donors (Lipinski definition) is 1. The highest BCUT2D eigenvalue weighted by molar-refractivity contribution is 5.94. The third kappa shape index (κ3) is 4.27. The van der Waals surface area contributed by atoms with E-state index in [0.717, 1.165) is 17.1 Å². The summed E-state index contributed by atoms with van der Waals surface area (Å²) in [5.41, 5.74) is 3.83.